The molecule has 0 bridgehead atoms. The van der Waals surface area contributed by atoms with Gasteiger partial charge in [0.2, 0.25) is 0 Å². The van der Waals surface area contributed by atoms with Gasteiger partial charge in [0.05, 0.1) is 11.1 Å². The van der Waals surface area contributed by atoms with Crippen molar-refractivity contribution in [3.63, 3.8) is 0 Å². The van der Waals surface area contributed by atoms with Crippen LogP contribution in [0.2, 0.25) is 0 Å². The van der Waals surface area contributed by atoms with Gasteiger partial charge in [-0.05, 0) is 24.6 Å². The second kappa shape index (κ2) is 5.74. The predicted molar refractivity (Wildman–Crippen MR) is 75.1 cm³/mol. The number of ketones is 1. The molecule has 0 spiro atoms. The van der Waals surface area contributed by atoms with E-state index in [4.69, 9.17) is 10.8 Å². The van der Waals surface area contributed by atoms with E-state index in [0.717, 1.165) is 6.42 Å². The Bertz CT molecular complexity index is 733. The van der Waals surface area contributed by atoms with Gasteiger partial charge < -0.3 is 10.8 Å². The highest BCUT2D eigenvalue weighted by atomic mass is 16.4. The first kappa shape index (κ1) is 14.7. The van der Waals surface area contributed by atoms with Gasteiger partial charge in [0.25, 0.3) is 5.91 Å². The van der Waals surface area contributed by atoms with Crippen molar-refractivity contribution in [3.05, 3.63) is 29.5 Å². The second-order valence-electron chi connectivity index (χ2n) is 4.70. The zero-order valence-electron chi connectivity index (χ0n) is 11.5. The predicted octanol–water partition coefficient (Wildman–Crippen LogP) is 1.20. The van der Waals surface area contributed by atoms with Crippen molar-refractivity contribution in [2.45, 2.75) is 26.3 Å². The van der Waals surface area contributed by atoms with E-state index < -0.39 is 11.9 Å². The standard InChI is InChI=1S/C14H15N3O4/c1-2-3-9(18)7-17-11-5-4-8(14(20)21)6-10(11)12(16-17)13(15)19/h4-6H,2-3,7H2,1H3,(H2,15,19)(H,20,21). The summed E-state index contributed by atoms with van der Waals surface area (Å²) in [6, 6.07) is 4.26. The molecular formula is C14H15N3O4. The Morgan fingerprint density at radius 3 is 2.62 bits per heavy atom. The van der Waals surface area contributed by atoms with Crippen LogP contribution in [0.1, 0.15) is 40.6 Å². The fraction of sp³-hybridized carbons (Fsp3) is 0.286. The average Bonchev–Trinajstić information content (AvgIpc) is 2.77. The van der Waals surface area contributed by atoms with Gasteiger partial charge in [0.1, 0.15) is 6.54 Å². The zero-order valence-corrected chi connectivity index (χ0v) is 11.5. The van der Waals surface area contributed by atoms with Gasteiger partial charge in [-0.2, -0.15) is 5.10 Å². The molecule has 1 aromatic carbocycles. The van der Waals surface area contributed by atoms with Gasteiger partial charge in [-0.25, -0.2) is 4.79 Å². The van der Waals surface area contributed by atoms with Crippen LogP contribution >= 0.6 is 0 Å². The highest BCUT2D eigenvalue weighted by Gasteiger charge is 2.18. The van der Waals surface area contributed by atoms with Crippen molar-refractivity contribution < 1.29 is 19.5 Å². The van der Waals surface area contributed by atoms with Crippen molar-refractivity contribution >= 4 is 28.6 Å². The molecule has 0 saturated heterocycles. The summed E-state index contributed by atoms with van der Waals surface area (Å²) in [5.41, 5.74) is 5.78. The Balaban J connectivity index is 2.55. The van der Waals surface area contributed by atoms with E-state index in [2.05, 4.69) is 5.10 Å². The maximum atomic E-state index is 11.7. The highest BCUT2D eigenvalue weighted by Crippen LogP contribution is 2.20. The molecular weight excluding hydrogens is 274 g/mol. The third-order valence-corrected chi connectivity index (χ3v) is 3.09. The summed E-state index contributed by atoms with van der Waals surface area (Å²) in [6.45, 7) is 1.93. The van der Waals surface area contributed by atoms with Crippen LogP contribution in [0.15, 0.2) is 18.2 Å². The third-order valence-electron chi connectivity index (χ3n) is 3.09. The monoisotopic (exact) mass is 289 g/mol. The fourth-order valence-corrected chi connectivity index (χ4v) is 2.14. The minimum atomic E-state index is -1.11. The topological polar surface area (TPSA) is 115 Å². The summed E-state index contributed by atoms with van der Waals surface area (Å²) in [6.07, 6.45) is 1.14. The number of primary amides is 1. The lowest BCUT2D eigenvalue weighted by atomic mass is 10.1. The molecule has 21 heavy (non-hydrogen) atoms. The van der Waals surface area contributed by atoms with Gasteiger partial charge in [-0.1, -0.05) is 6.92 Å². The highest BCUT2D eigenvalue weighted by molar-refractivity contribution is 6.06. The molecule has 1 heterocycles. The third kappa shape index (κ3) is 2.91. The Hall–Kier alpha value is -2.70. The summed E-state index contributed by atoms with van der Waals surface area (Å²) >= 11 is 0. The number of carbonyl (C=O) groups excluding carboxylic acids is 2. The number of carboxylic acid groups (broad SMARTS) is 1. The van der Waals surface area contributed by atoms with Crippen molar-refractivity contribution in [1.29, 1.82) is 0 Å². The summed E-state index contributed by atoms with van der Waals surface area (Å²) < 4.78 is 1.39. The first-order valence-electron chi connectivity index (χ1n) is 6.49. The molecule has 0 atom stereocenters. The zero-order chi connectivity index (χ0) is 15.6. The van der Waals surface area contributed by atoms with Crippen molar-refractivity contribution in [2.24, 2.45) is 5.73 Å². The molecule has 2 aromatic rings. The number of aromatic nitrogens is 2. The van der Waals surface area contributed by atoms with Crippen molar-refractivity contribution in [3.8, 4) is 0 Å². The van der Waals surface area contributed by atoms with Crippen LogP contribution in [0.25, 0.3) is 10.9 Å². The number of nitrogens with two attached hydrogens (primary N) is 1. The number of nitrogens with zero attached hydrogens (tertiary/aromatic N) is 2. The molecule has 0 saturated carbocycles. The van der Waals surface area contributed by atoms with Crippen LogP contribution < -0.4 is 5.73 Å². The molecule has 110 valence electrons. The van der Waals surface area contributed by atoms with Crippen molar-refractivity contribution in [2.75, 3.05) is 0 Å². The largest absolute Gasteiger partial charge is 0.478 e. The number of hydrogen-bond acceptors (Lipinski definition) is 4. The Morgan fingerprint density at radius 2 is 2.05 bits per heavy atom. The maximum Gasteiger partial charge on any atom is 0.335 e. The van der Waals surface area contributed by atoms with E-state index in [1.54, 1.807) is 0 Å². The lowest BCUT2D eigenvalue weighted by molar-refractivity contribution is -0.119. The number of aromatic carboxylic acids is 1. The molecule has 0 radical (unpaired) electrons. The van der Waals surface area contributed by atoms with E-state index in [-0.39, 0.29) is 23.6 Å². The Morgan fingerprint density at radius 1 is 1.33 bits per heavy atom. The quantitative estimate of drug-likeness (QED) is 0.829. The van der Waals surface area contributed by atoms with Crippen LogP contribution in [0.3, 0.4) is 0 Å². The lowest BCUT2D eigenvalue weighted by Crippen LogP contribution is -2.15. The number of benzene rings is 1. The molecule has 2 rings (SSSR count). The number of Topliss-reactive ketones (excluding diaryl/α,β-unsaturated/α-hetero) is 1. The first-order valence-corrected chi connectivity index (χ1v) is 6.49. The molecule has 1 aromatic heterocycles. The van der Waals surface area contributed by atoms with Crippen LogP contribution in [-0.2, 0) is 11.3 Å². The van der Waals surface area contributed by atoms with Crippen LogP contribution in [0, 0.1) is 0 Å². The average molecular weight is 289 g/mol. The van der Waals surface area contributed by atoms with Crippen LogP contribution in [0.4, 0.5) is 0 Å². The van der Waals surface area contributed by atoms with Gasteiger partial charge >= 0.3 is 5.97 Å². The van der Waals surface area contributed by atoms with Gasteiger partial charge in [-0.3, -0.25) is 14.3 Å². The van der Waals surface area contributed by atoms with E-state index >= 15 is 0 Å². The number of carboxylic acids is 1. The maximum absolute atomic E-state index is 11.7. The van der Waals surface area contributed by atoms with E-state index in [9.17, 15) is 14.4 Å². The minimum absolute atomic E-state index is 0.0137. The van der Waals surface area contributed by atoms with Crippen LogP contribution in [0.5, 0.6) is 0 Å². The van der Waals surface area contributed by atoms with Crippen LogP contribution in [-0.4, -0.2) is 32.5 Å². The van der Waals surface area contributed by atoms with Crippen molar-refractivity contribution in [1.82, 2.24) is 9.78 Å². The number of amides is 1. The fourth-order valence-electron chi connectivity index (χ4n) is 2.14. The first-order chi connectivity index (χ1) is 9.93. The normalized spacial score (nSPS) is 10.7. The molecule has 0 aliphatic heterocycles. The number of carbonyl (C=O) groups is 3. The lowest BCUT2D eigenvalue weighted by Gasteiger charge is -2.02. The summed E-state index contributed by atoms with van der Waals surface area (Å²) in [4.78, 5) is 34.2. The Labute approximate surface area is 120 Å². The molecule has 0 aliphatic rings. The van der Waals surface area contributed by atoms with E-state index in [1.807, 2.05) is 6.92 Å². The molecule has 7 heteroatoms. The second-order valence-corrected chi connectivity index (χ2v) is 4.70. The van der Waals surface area contributed by atoms with E-state index in [0.29, 0.717) is 17.3 Å². The number of hydrogen-bond donors (Lipinski definition) is 2. The molecule has 1 amide bonds. The smallest absolute Gasteiger partial charge is 0.335 e. The van der Waals surface area contributed by atoms with E-state index in [1.165, 1.54) is 22.9 Å². The molecule has 0 aliphatic carbocycles. The number of fused-ring (bicyclic) bond motifs is 1. The summed E-state index contributed by atoms with van der Waals surface area (Å²) in [5.74, 6) is -1.88. The summed E-state index contributed by atoms with van der Waals surface area (Å²) in [7, 11) is 0. The van der Waals surface area contributed by atoms with Gasteiger partial charge in [-0.15, -0.1) is 0 Å². The summed E-state index contributed by atoms with van der Waals surface area (Å²) in [5, 5.41) is 13.4. The minimum Gasteiger partial charge on any atom is -0.478 e. The van der Waals surface area contributed by atoms with Gasteiger partial charge in [0.15, 0.2) is 11.5 Å². The Kier molecular flexibility index (Phi) is 4.02. The SMILES string of the molecule is CCCC(=O)Cn1nc(C(N)=O)c2cc(C(=O)O)ccc21. The number of rotatable bonds is 6. The molecule has 3 N–H and O–H groups in total. The van der Waals surface area contributed by atoms with Gasteiger partial charge in [0, 0.05) is 11.8 Å². The molecule has 0 unspecified atom stereocenters. The molecule has 0 fully saturated rings. The molecule has 7 nitrogen and oxygen atoms in total.